The van der Waals surface area contributed by atoms with Crippen molar-refractivity contribution in [2.24, 2.45) is 0 Å². The highest BCUT2D eigenvalue weighted by Gasteiger charge is 2.11. The normalized spacial score (nSPS) is 10.4. The number of anilines is 1. The fourth-order valence-corrected chi connectivity index (χ4v) is 2.25. The molecule has 5 nitrogen and oxygen atoms in total. The molecule has 0 saturated carbocycles. The minimum absolute atomic E-state index is 0.191. The minimum Gasteiger partial charge on any atom is -0.492 e. The number of hydrogen-bond acceptors (Lipinski definition) is 3. The zero-order valence-corrected chi connectivity index (χ0v) is 15.3. The second-order valence-corrected chi connectivity index (χ2v) is 5.88. The van der Waals surface area contributed by atoms with Gasteiger partial charge in [0.05, 0.1) is 13.2 Å². The summed E-state index contributed by atoms with van der Waals surface area (Å²) in [5, 5.41) is 3.57. The third-order valence-corrected chi connectivity index (χ3v) is 3.83. The molecule has 0 bridgehead atoms. The van der Waals surface area contributed by atoms with Crippen molar-refractivity contribution < 1.29 is 14.3 Å². The van der Waals surface area contributed by atoms with Crippen LogP contribution in [0.4, 0.5) is 10.5 Å². The maximum atomic E-state index is 12.3. The van der Waals surface area contributed by atoms with Gasteiger partial charge >= 0.3 is 6.03 Å². The van der Waals surface area contributed by atoms with E-state index in [0.29, 0.717) is 31.4 Å². The highest BCUT2D eigenvalue weighted by molar-refractivity contribution is 6.30. The Morgan fingerprint density at radius 1 is 1.16 bits per heavy atom. The summed E-state index contributed by atoms with van der Waals surface area (Å²) in [7, 11) is 1.73. The van der Waals surface area contributed by atoms with Crippen LogP contribution in [-0.4, -0.2) is 37.7 Å². The lowest BCUT2D eigenvalue weighted by atomic mass is 10.2. The molecule has 2 rings (SSSR count). The maximum Gasteiger partial charge on any atom is 0.321 e. The highest BCUT2D eigenvalue weighted by atomic mass is 35.5. The fourth-order valence-electron chi connectivity index (χ4n) is 2.12. The molecule has 0 atom stereocenters. The third kappa shape index (κ3) is 6.29. The molecule has 0 aliphatic carbocycles. The van der Waals surface area contributed by atoms with Crippen LogP contribution in [0.15, 0.2) is 48.5 Å². The first kappa shape index (κ1) is 19.1. The van der Waals surface area contributed by atoms with Crippen molar-refractivity contribution >= 4 is 23.3 Å². The van der Waals surface area contributed by atoms with Crippen molar-refractivity contribution in [1.82, 2.24) is 4.90 Å². The van der Waals surface area contributed by atoms with Gasteiger partial charge in [0.2, 0.25) is 0 Å². The smallest absolute Gasteiger partial charge is 0.321 e. The van der Waals surface area contributed by atoms with E-state index in [1.165, 1.54) is 0 Å². The number of carbonyl (C=O) groups is 1. The second kappa shape index (κ2) is 9.91. The van der Waals surface area contributed by atoms with Crippen molar-refractivity contribution in [1.29, 1.82) is 0 Å². The average Bonchev–Trinajstić information content (AvgIpc) is 2.62. The van der Waals surface area contributed by atoms with Crippen molar-refractivity contribution in [2.75, 3.05) is 32.1 Å². The average molecular weight is 363 g/mol. The summed E-state index contributed by atoms with van der Waals surface area (Å²) in [4.78, 5) is 13.9. The highest BCUT2D eigenvalue weighted by Crippen LogP contribution is 2.17. The number of benzene rings is 2. The largest absolute Gasteiger partial charge is 0.492 e. The molecule has 134 valence electrons. The van der Waals surface area contributed by atoms with Crippen molar-refractivity contribution in [3.05, 3.63) is 59.1 Å². The van der Waals surface area contributed by atoms with Crippen LogP contribution >= 0.6 is 11.6 Å². The van der Waals surface area contributed by atoms with Gasteiger partial charge in [0.15, 0.2) is 0 Å². The monoisotopic (exact) mass is 362 g/mol. The number of urea groups is 1. The van der Waals surface area contributed by atoms with Crippen LogP contribution in [0.5, 0.6) is 5.75 Å². The molecular weight excluding hydrogens is 340 g/mol. The molecule has 25 heavy (non-hydrogen) atoms. The van der Waals surface area contributed by atoms with Gasteiger partial charge in [-0.05, 0) is 37.3 Å². The number of hydrogen-bond donors (Lipinski definition) is 1. The predicted molar refractivity (Wildman–Crippen MR) is 100 cm³/mol. The molecule has 0 aromatic heterocycles. The number of halogens is 1. The number of para-hydroxylation sites is 1. The molecule has 6 heteroatoms. The van der Waals surface area contributed by atoms with Crippen LogP contribution in [0.2, 0.25) is 5.02 Å². The van der Waals surface area contributed by atoms with Gasteiger partial charge in [0, 0.05) is 29.9 Å². The molecule has 0 aliphatic heterocycles. The molecule has 0 saturated heterocycles. The van der Waals surface area contributed by atoms with E-state index in [4.69, 9.17) is 21.1 Å². The van der Waals surface area contributed by atoms with Crippen LogP contribution in [0.25, 0.3) is 0 Å². The Hall–Kier alpha value is -2.24. The van der Waals surface area contributed by atoms with Crippen LogP contribution < -0.4 is 10.1 Å². The van der Waals surface area contributed by atoms with Crippen LogP contribution in [0.3, 0.4) is 0 Å². The summed E-state index contributed by atoms with van der Waals surface area (Å²) in [6.45, 7) is 3.89. The van der Waals surface area contributed by atoms with Gasteiger partial charge in [-0.2, -0.15) is 0 Å². The van der Waals surface area contributed by atoms with Crippen molar-refractivity contribution in [2.45, 2.75) is 13.5 Å². The molecule has 0 heterocycles. The summed E-state index contributed by atoms with van der Waals surface area (Å²) in [5.74, 6) is 0.722. The Bertz CT molecular complexity index is 677. The van der Waals surface area contributed by atoms with E-state index in [2.05, 4.69) is 5.32 Å². The Kier molecular flexibility index (Phi) is 7.57. The van der Waals surface area contributed by atoms with Gasteiger partial charge < -0.3 is 19.7 Å². The van der Waals surface area contributed by atoms with Crippen molar-refractivity contribution in [3.63, 3.8) is 0 Å². The van der Waals surface area contributed by atoms with Gasteiger partial charge in [-0.1, -0.05) is 29.8 Å². The number of ether oxygens (including phenoxy) is 2. The first-order valence-electron chi connectivity index (χ1n) is 8.16. The van der Waals surface area contributed by atoms with Gasteiger partial charge in [0.25, 0.3) is 0 Å². The Balaban J connectivity index is 1.83. The molecule has 0 spiro atoms. The maximum absolute atomic E-state index is 12.3. The van der Waals surface area contributed by atoms with E-state index in [0.717, 1.165) is 17.0 Å². The Labute approximate surface area is 153 Å². The standard InChI is InChI=1S/C19H23ClN2O3/c1-3-24-14-15-6-4-5-7-18(15)21-19(23)22(2)12-13-25-17-10-8-16(20)9-11-17/h4-11H,3,12-14H2,1-2H3,(H,21,23). The summed E-state index contributed by atoms with van der Waals surface area (Å²) in [5.41, 5.74) is 1.70. The molecule has 0 aliphatic rings. The lowest BCUT2D eigenvalue weighted by Crippen LogP contribution is -2.34. The Morgan fingerprint density at radius 3 is 2.60 bits per heavy atom. The van der Waals surface area contributed by atoms with Gasteiger partial charge in [0.1, 0.15) is 12.4 Å². The molecule has 0 unspecified atom stereocenters. The zero-order valence-electron chi connectivity index (χ0n) is 14.5. The summed E-state index contributed by atoms with van der Waals surface area (Å²) < 4.78 is 11.0. The Morgan fingerprint density at radius 2 is 1.88 bits per heavy atom. The van der Waals surface area contributed by atoms with E-state index in [-0.39, 0.29) is 6.03 Å². The second-order valence-electron chi connectivity index (χ2n) is 5.45. The van der Waals surface area contributed by atoms with Crippen LogP contribution in [0, 0.1) is 0 Å². The summed E-state index contributed by atoms with van der Waals surface area (Å²) >= 11 is 5.83. The van der Waals surface area contributed by atoms with Gasteiger partial charge in [-0.25, -0.2) is 4.79 Å². The number of amides is 2. The molecule has 2 amide bonds. The molecule has 2 aromatic rings. The van der Waals surface area contributed by atoms with E-state index in [1.807, 2.05) is 31.2 Å². The third-order valence-electron chi connectivity index (χ3n) is 3.58. The molecule has 2 aromatic carbocycles. The topological polar surface area (TPSA) is 50.8 Å². The SMILES string of the molecule is CCOCc1ccccc1NC(=O)N(C)CCOc1ccc(Cl)cc1. The summed E-state index contributed by atoms with van der Waals surface area (Å²) in [6.07, 6.45) is 0. The quantitative estimate of drug-likeness (QED) is 0.756. The number of nitrogens with one attached hydrogen (secondary N) is 1. The first-order valence-corrected chi connectivity index (χ1v) is 8.54. The predicted octanol–water partition coefficient (Wildman–Crippen LogP) is 4.42. The van der Waals surface area contributed by atoms with E-state index in [9.17, 15) is 4.79 Å². The minimum atomic E-state index is -0.191. The molecule has 0 fully saturated rings. The zero-order chi connectivity index (χ0) is 18.1. The number of carbonyl (C=O) groups excluding carboxylic acids is 1. The summed E-state index contributed by atoms with van der Waals surface area (Å²) in [6, 6.07) is 14.6. The van der Waals surface area contributed by atoms with Gasteiger partial charge in [-0.3, -0.25) is 0 Å². The number of rotatable bonds is 8. The fraction of sp³-hybridized carbons (Fsp3) is 0.316. The molecular formula is C19H23ClN2O3. The molecule has 1 N–H and O–H groups in total. The van der Waals surface area contributed by atoms with Crippen LogP contribution in [-0.2, 0) is 11.3 Å². The van der Waals surface area contributed by atoms with E-state index >= 15 is 0 Å². The lowest BCUT2D eigenvalue weighted by molar-refractivity contribution is 0.134. The first-order chi connectivity index (χ1) is 12.1. The number of nitrogens with zero attached hydrogens (tertiary/aromatic N) is 1. The van der Waals surface area contributed by atoms with E-state index < -0.39 is 0 Å². The number of likely N-dealkylation sites (N-methyl/N-ethyl adjacent to an activating group) is 1. The van der Waals surface area contributed by atoms with Gasteiger partial charge in [-0.15, -0.1) is 0 Å². The van der Waals surface area contributed by atoms with Crippen molar-refractivity contribution in [3.8, 4) is 5.75 Å². The molecule has 0 radical (unpaired) electrons. The van der Waals surface area contributed by atoms with Crippen LogP contribution in [0.1, 0.15) is 12.5 Å². The van der Waals surface area contributed by atoms with E-state index in [1.54, 1.807) is 36.2 Å². The lowest BCUT2D eigenvalue weighted by Gasteiger charge is -2.19.